The van der Waals surface area contributed by atoms with Gasteiger partial charge in [0.25, 0.3) is 23.6 Å². The Kier molecular flexibility index (Phi) is 13.3. The number of amides is 6. The topological polar surface area (TPSA) is 255 Å². The molecular weight excluding hydrogens is 767 g/mol. The molecule has 0 saturated carbocycles. The van der Waals surface area contributed by atoms with Crippen LogP contribution in [0.3, 0.4) is 0 Å². The fourth-order valence-electron chi connectivity index (χ4n) is 5.39. The van der Waals surface area contributed by atoms with Gasteiger partial charge in [-0.05, 0) is 123 Å². The van der Waals surface area contributed by atoms with E-state index in [4.69, 9.17) is 15.6 Å². The van der Waals surface area contributed by atoms with Gasteiger partial charge in [-0.1, -0.05) is 0 Å². The second-order valence-corrected chi connectivity index (χ2v) is 13.1. The first-order valence-corrected chi connectivity index (χ1v) is 17.7. The number of ether oxygens (including phenoxy) is 1. The zero-order chi connectivity index (χ0) is 42.8. The van der Waals surface area contributed by atoms with E-state index in [1.165, 1.54) is 97.1 Å². The van der Waals surface area contributed by atoms with E-state index in [1.807, 2.05) is 0 Å². The van der Waals surface area contributed by atoms with Crippen LogP contribution in [0.1, 0.15) is 72.1 Å². The highest BCUT2D eigenvalue weighted by Gasteiger charge is 2.25. The lowest BCUT2D eigenvalue weighted by atomic mass is 10.1. The highest BCUT2D eigenvalue weighted by molar-refractivity contribution is 6.10. The number of primary amides is 1. The molecule has 0 saturated heterocycles. The Hall–Kier alpha value is -8.08. The van der Waals surface area contributed by atoms with Crippen LogP contribution in [0, 0.1) is 5.82 Å². The number of nitrogens with two attached hydrogens (primary N) is 1. The number of benzene rings is 5. The van der Waals surface area contributed by atoms with E-state index in [-0.39, 0.29) is 50.6 Å². The molecule has 0 fully saturated rings. The van der Waals surface area contributed by atoms with E-state index in [1.54, 1.807) is 13.8 Å². The Morgan fingerprint density at radius 2 is 1.07 bits per heavy atom. The summed E-state index contributed by atoms with van der Waals surface area (Å²) in [6.07, 6.45) is -1.03. The largest absolute Gasteiger partial charge is 0.504 e. The Morgan fingerprint density at radius 1 is 0.610 bits per heavy atom. The fraction of sp³-hybridized carbons (Fsp3) is 0.119. The van der Waals surface area contributed by atoms with E-state index < -0.39 is 71.5 Å². The molecule has 0 heterocycles. The van der Waals surface area contributed by atoms with Gasteiger partial charge in [0.1, 0.15) is 11.9 Å². The van der Waals surface area contributed by atoms with Crippen LogP contribution in [0.2, 0.25) is 0 Å². The molecule has 0 radical (unpaired) electrons. The first-order valence-electron chi connectivity index (χ1n) is 17.7. The number of phenols is 1. The van der Waals surface area contributed by atoms with Crippen molar-refractivity contribution < 1.29 is 52.9 Å². The van der Waals surface area contributed by atoms with Crippen molar-refractivity contribution in [2.75, 3.05) is 21.3 Å². The van der Waals surface area contributed by atoms with Gasteiger partial charge in [-0.2, -0.15) is 0 Å². The minimum Gasteiger partial charge on any atom is -0.504 e. The Bertz CT molecular complexity index is 2400. The third kappa shape index (κ3) is 11.3. The van der Waals surface area contributed by atoms with Gasteiger partial charge in [-0.25, -0.2) is 9.18 Å². The standard InChI is InChI=1S/C42H37FN6O10/c1-22(2)59-36-32(20-19-31(35(36)51)40(55)46-29-17-9-26(10-18-29)42(57)58)48-38(53)24-7-15-30(16-8-24)47-41(56)33(21-34(44)50)49-39(54)25-5-13-28(14-6-25)45-37(52)23-3-11-27(43)12-4-23/h3-20,22,33,51H,21H2,1-2H3,(H2,44,50)(H,45,52)(H,46,55)(H,47,56)(H,48,53)(H,49,54)(H,57,58)/t33-/m0/s1. The summed E-state index contributed by atoms with van der Waals surface area (Å²) >= 11 is 0. The van der Waals surface area contributed by atoms with Crippen LogP contribution >= 0.6 is 0 Å². The average molecular weight is 805 g/mol. The zero-order valence-corrected chi connectivity index (χ0v) is 31.4. The van der Waals surface area contributed by atoms with Crippen molar-refractivity contribution in [3.05, 3.63) is 143 Å². The number of hydrogen-bond donors (Lipinski definition) is 8. The van der Waals surface area contributed by atoms with E-state index in [0.29, 0.717) is 5.69 Å². The molecule has 302 valence electrons. The molecule has 6 amide bonds. The van der Waals surface area contributed by atoms with Gasteiger partial charge >= 0.3 is 5.97 Å². The van der Waals surface area contributed by atoms with Gasteiger partial charge < -0.3 is 47.3 Å². The maximum Gasteiger partial charge on any atom is 0.335 e. The SMILES string of the molecule is CC(C)Oc1c(NC(=O)c2ccc(NC(=O)[C@H](CC(N)=O)NC(=O)c3ccc(NC(=O)c4ccc(F)cc4)cc3)cc2)ccc(C(=O)Nc2ccc(C(=O)O)cc2)c1O. The maximum absolute atomic E-state index is 13.3. The van der Waals surface area contributed by atoms with Gasteiger partial charge in [-0.3, -0.25) is 28.8 Å². The van der Waals surface area contributed by atoms with Gasteiger partial charge in [0.2, 0.25) is 11.8 Å². The Labute approximate surface area is 335 Å². The van der Waals surface area contributed by atoms with Crippen molar-refractivity contribution in [1.82, 2.24) is 5.32 Å². The number of carbonyl (C=O) groups excluding carboxylic acids is 6. The van der Waals surface area contributed by atoms with Gasteiger partial charge in [0, 0.05) is 33.8 Å². The first kappa shape index (κ1) is 42.1. The third-order valence-corrected chi connectivity index (χ3v) is 8.32. The molecule has 5 aromatic rings. The fourth-order valence-corrected chi connectivity index (χ4v) is 5.39. The van der Waals surface area contributed by atoms with Crippen LogP contribution in [0.4, 0.5) is 27.1 Å². The lowest BCUT2D eigenvalue weighted by Gasteiger charge is -2.19. The van der Waals surface area contributed by atoms with E-state index in [9.17, 15) is 43.1 Å². The summed E-state index contributed by atoms with van der Waals surface area (Å²) in [5.41, 5.74) is 6.46. The predicted molar refractivity (Wildman–Crippen MR) is 214 cm³/mol. The normalized spacial score (nSPS) is 11.1. The summed E-state index contributed by atoms with van der Waals surface area (Å²) in [5, 5.41) is 33.0. The van der Waals surface area contributed by atoms with Crippen molar-refractivity contribution in [3.8, 4) is 11.5 Å². The van der Waals surface area contributed by atoms with Crippen molar-refractivity contribution in [3.63, 3.8) is 0 Å². The minimum absolute atomic E-state index is 0.0184. The molecule has 0 bridgehead atoms. The maximum atomic E-state index is 13.3. The number of carboxylic acids is 1. The Morgan fingerprint density at radius 3 is 1.58 bits per heavy atom. The zero-order valence-electron chi connectivity index (χ0n) is 31.4. The summed E-state index contributed by atoms with van der Waals surface area (Å²) in [6.45, 7) is 3.35. The molecular formula is C42H37FN6O10. The third-order valence-electron chi connectivity index (χ3n) is 8.32. The van der Waals surface area contributed by atoms with Crippen LogP contribution in [-0.2, 0) is 9.59 Å². The smallest absolute Gasteiger partial charge is 0.335 e. The van der Waals surface area contributed by atoms with Crippen LogP contribution in [0.15, 0.2) is 109 Å². The molecule has 0 unspecified atom stereocenters. The molecule has 59 heavy (non-hydrogen) atoms. The van der Waals surface area contributed by atoms with Crippen LogP contribution in [0.5, 0.6) is 11.5 Å². The van der Waals surface area contributed by atoms with Crippen molar-refractivity contribution in [2.45, 2.75) is 32.4 Å². The monoisotopic (exact) mass is 804 g/mol. The number of nitrogens with one attached hydrogen (secondary N) is 5. The summed E-state index contributed by atoms with van der Waals surface area (Å²) < 4.78 is 18.9. The van der Waals surface area contributed by atoms with Gasteiger partial charge in [-0.15, -0.1) is 0 Å². The Balaban J connectivity index is 1.22. The molecule has 0 aliphatic carbocycles. The number of aromatic hydroxyl groups is 1. The summed E-state index contributed by atoms with van der Waals surface area (Å²) in [6, 6.07) is 22.8. The molecule has 16 nitrogen and oxygen atoms in total. The van der Waals surface area contributed by atoms with Gasteiger partial charge in [0.05, 0.1) is 29.3 Å². The number of halogens is 1. The van der Waals surface area contributed by atoms with Crippen molar-refractivity contribution in [1.29, 1.82) is 0 Å². The second kappa shape index (κ2) is 18.7. The second-order valence-electron chi connectivity index (χ2n) is 13.1. The highest BCUT2D eigenvalue weighted by Crippen LogP contribution is 2.39. The highest BCUT2D eigenvalue weighted by atomic mass is 19.1. The van der Waals surface area contributed by atoms with Crippen molar-refractivity contribution >= 4 is 64.2 Å². The first-order chi connectivity index (χ1) is 28.1. The number of carboxylic acid groups (broad SMARTS) is 1. The molecule has 9 N–H and O–H groups in total. The number of aromatic carboxylic acids is 1. The van der Waals surface area contributed by atoms with Crippen LogP contribution < -0.4 is 37.1 Å². The van der Waals surface area contributed by atoms with E-state index in [2.05, 4.69) is 26.6 Å². The molecule has 0 aromatic heterocycles. The molecule has 5 aromatic carbocycles. The lowest BCUT2D eigenvalue weighted by Crippen LogP contribution is -2.46. The lowest BCUT2D eigenvalue weighted by molar-refractivity contribution is -0.123. The van der Waals surface area contributed by atoms with Crippen LogP contribution in [-0.4, -0.2) is 63.8 Å². The van der Waals surface area contributed by atoms with E-state index >= 15 is 0 Å². The molecule has 17 heteroatoms. The molecule has 0 aliphatic rings. The predicted octanol–water partition coefficient (Wildman–Crippen LogP) is 5.39. The number of hydrogen-bond acceptors (Lipinski definition) is 9. The number of phenolic OH excluding ortho intramolecular Hbond substituents is 1. The van der Waals surface area contributed by atoms with E-state index in [0.717, 1.165) is 12.1 Å². The summed E-state index contributed by atoms with van der Waals surface area (Å²) in [4.78, 5) is 87.9. The molecule has 0 spiro atoms. The quantitative estimate of drug-likeness (QED) is 0.0670. The summed E-state index contributed by atoms with van der Waals surface area (Å²) in [5.74, 6) is -6.63. The molecule has 1 atom stereocenters. The number of anilines is 4. The molecule has 5 rings (SSSR count). The number of carbonyl (C=O) groups is 7. The summed E-state index contributed by atoms with van der Waals surface area (Å²) in [7, 11) is 0. The minimum atomic E-state index is -1.39. The molecule has 0 aliphatic heterocycles. The number of rotatable bonds is 15. The van der Waals surface area contributed by atoms with Gasteiger partial charge in [0.15, 0.2) is 11.5 Å². The average Bonchev–Trinajstić information content (AvgIpc) is 3.19. The van der Waals surface area contributed by atoms with Crippen molar-refractivity contribution in [2.24, 2.45) is 5.73 Å². The van der Waals surface area contributed by atoms with Crippen LogP contribution in [0.25, 0.3) is 0 Å².